The summed E-state index contributed by atoms with van der Waals surface area (Å²) in [5.41, 5.74) is 12.7. The second kappa shape index (κ2) is 10.2. The van der Waals surface area contributed by atoms with Gasteiger partial charge in [-0.1, -0.05) is 111 Å². The maximum absolute atomic E-state index is 2.49. The molecule has 1 aliphatic carbocycles. The average molecular weight is 608 g/mol. The van der Waals surface area contributed by atoms with Crippen LogP contribution in [0.3, 0.4) is 0 Å². The first-order chi connectivity index (χ1) is 22.5. The number of hydrogen-bond donors (Lipinski definition) is 0. The molecule has 1 nitrogen and oxygen atoms in total. The van der Waals surface area contributed by atoms with E-state index in [0.29, 0.717) is 0 Å². The van der Waals surface area contributed by atoms with E-state index in [-0.39, 0.29) is 5.41 Å². The molecule has 0 atom stereocenters. The molecule has 0 saturated carbocycles. The summed E-state index contributed by atoms with van der Waals surface area (Å²) in [6.45, 7) is 6.99. The van der Waals surface area contributed by atoms with Gasteiger partial charge in [-0.05, 0) is 99.6 Å². The molecule has 7 aromatic carbocycles. The van der Waals surface area contributed by atoms with E-state index in [4.69, 9.17) is 0 Å². The molecule has 0 aliphatic heterocycles. The molecule has 8 aromatic rings. The molecule has 1 aliphatic rings. The van der Waals surface area contributed by atoms with Gasteiger partial charge in [-0.2, -0.15) is 0 Å². The number of hydrogen-bond acceptors (Lipinski definition) is 2. The predicted octanol–water partition coefficient (Wildman–Crippen LogP) is 13.0. The van der Waals surface area contributed by atoms with Crippen LogP contribution < -0.4 is 4.90 Å². The molecule has 9 rings (SSSR count). The van der Waals surface area contributed by atoms with E-state index in [2.05, 4.69) is 171 Å². The van der Waals surface area contributed by atoms with Crippen LogP contribution in [0.1, 0.15) is 30.5 Å². The van der Waals surface area contributed by atoms with E-state index in [1.54, 1.807) is 0 Å². The number of benzene rings is 7. The Labute approximate surface area is 274 Å². The molecule has 0 radical (unpaired) electrons. The minimum absolute atomic E-state index is 0.0997. The standard InChI is InChI=1S/C44H33NS/c1-28-12-11-18-38-43(28)35-22-20-33(27-39(35)44(38,2)3)45(32-21-23-42-37(26-32)34-17-9-10-19-41(34)46-42)40-25-31-16-8-7-15-30(31)24-36(40)29-13-5-4-6-14-29/h4-27H,1-3H3. The molecule has 0 bridgehead atoms. The molecule has 220 valence electrons. The zero-order valence-corrected chi connectivity index (χ0v) is 27.0. The van der Waals surface area contributed by atoms with Crippen LogP contribution in [0.4, 0.5) is 17.1 Å². The lowest BCUT2D eigenvalue weighted by Gasteiger charge is -2.30. The quantitative estimate of drug-likeness (QED) is 0.192. The Kier molecular flexibility index (Phi) is 6.00. The Bertz CT molecular complexity index is 2470. The molecule has 46 heavy (non-hydrogen) atoms. The summed E-state index contributed by atoms with van der Waals surface area (Å²) in [4.78, 5) is 2.49. The van der Waals surface area contributed by atoms with Gasteiger partial charge in [0.15, 0.2) is 0 Å². The van der Waals surface area contributed by atoms with Crippen LogP contribution in [0.5, 0.6) is 0 Å². The first kappa shape index (κ1) is 27.2. The third-order valence-corrected chi connectivity index (χ3v) is 11.1. The van der Waals surface area contributed by atoms with Gasteiger partial charge in [0, 0.05) is 42.5 Å². The fourth-order valence-corrected chi connectivity index (χ4v) is 8.73. The minimum atomic E-state index is -0.0997. The van der Waals surface area contributed by atoms with Crippen LogP contribution in [-0.4, -0.2) is 0 Å². The van der Waals surface area contributed by atoms with Crippen molar-refractivity contribution in [3.05, 3.63) is 162 Å². The predicted molar refractivity (Wildman–Crippen MR) is 199 cm³/mol. The summed E-state index contributed by atoms with van der Waals surface area (Å²) in [5, 5.41) is 5.08. The van der Waals surface area contributed by atoms with Gasteiger partial charge in [-0.3, -0.25) is 0 Å². The summed E-state index contributed by atoms with van der Waals surface area (Å²) in [6, 6.07) is 54.0. The van der Waals surface area contributed by atoms with E-state index >= 15 is 0 Å². The maximum Gasteiger partial charge on any atom is 0.0546 e. The van der Waals surface area contributed by atoms with Crippen molar-refractivity contribution in [1.29, 1.82) is 0 Å². The van der Waals surface area contributed by atoms with Crippen LogP contribution in [0.2, 0.25) is 0 Å². The van der Waals surface area contributed by atoms with E-state index in [1.165, 1.54) is 81.3 Å². The molecule has 0 amide bonds. The van der Waals surface area contributed by atoms with E-state index in [1.807, 2.05) is 11.3 Å². The van der Waals surface area contributed by atoms with Crippen molar-refractivity contribution in [3.8, 4) is 22.3 Å². The lowest BCUT2D eigenvalue weighted by molar-refractivity contribution is 0.660. The van der Waals surface area contributed by atoms with Gasteiger partial charge in [-0.15, -0.1) is 11.3 Å². The molecular weight excluding hydrogens is 575 g/mol. The van der Waals surface area contributed by atoms with Crippen LogP contribution in [-0.2, 0) is 5.41 Å². The van der Waals surface area contributed by atoms with E-state index in [9.17, 15) is 0 Å². The number of nitrogens with zero attached hydrogens (tertiary/aromatic N) is 1. The van der Waals surface area contributed by atoms with E-state index in [0.717, 1.165) is 5.69 Å². The van der Waals surface area contributed by atoms with Crippen molar-refractivity contribution in [2.45, 2.75) is 26.2 Å². The molecular formula is C44H33NS. The molecule has 0 unspecified atom stereocenters. The highest BCUT2D eigenvalue weighted by Gasteiger charge is 2.37. The van der Waals surface area contributed by atoms with Gasteiger partial charge in [0.05, 0.1) is 5.69 Å². The number of aryl methyl sites for hydroxylation is 1. The Morgan fingerprint density at radius 3 is 2.07 bits per heavy atom. The second-order valence-corrected chi connectivity index (χ2v) is 14.1. The highest BCUT2D eigenvalue weighted by molar-refractivity contribution is 7.25. The van der Waals surface area contributed by atoms with Crippen molar-refractivity contribution in [2.24, 2.45) is 0 Å². The topological polar surface area (TPSA) is 3.24 Å². The summed E-state index contributed by atoms with van der Waals surface area (Å²) >= 11 is 1.87. The number of rotatable bonds is 4. The lowest BCUT2D eigenvalue weighted by atomic mass is 9.82. The SMILES string of the molecule is Cc1cccc2c1-c1ccc(N(c3ccc4sc5ccccc5c4c3)c3cc4ccccc4cc3-c3ccccc3)cc1C2(C)C. The first-order valence-corrected chi connectivity index (χ1v) is 16.8. The van der Waals surface area contributed by atoms with Crippen molar-refractivity contribution >= 4 is 59.3 Å². The summed E-state index contributed by atoms with van der Waals surface area (Å²) in [5.74, 6) is 0. The zero-order valence-electron chi connectivity index (χ0n) is 26.2. The van der Waals surface area contributed by atoms with E-state index < -0.39 is 0 Å². The van der Waals surface area contributed by atoms with Crippen molar-refractivity contribution < 1.29 is 0 Å². The van der Waals surface area contributed by atoms with Crippen molar-refractivity contribution in [2.75, 3.05) is 4.90 Å². The van der Waals surface area contributed by atoms with Crippen molar-refractivity contribution in [3.63, 3.8) is 0 Å². The van der Waals surface area contributed by atoms with Gasteiger partial charge in [0.25, 0.3) is 0 Å². The second-order valence-electron chi connectivity index (χ2n) is 13.0. The van der Waals surface area contributed by atoms with Crippen LogP contribution in [0, 0.1) is 6.92 Å². The van der Waals surface area contributed by atoms with Gasteiger partial charge in [-0.25, -0.2) is 0 Å². The number of thiophene rings is 1. The zero-order chi connectivity index (χ0) is 31.0. The molecule has 0 fully saturated rings. The van der Waals surface area contributed by atoms with Gasteiger partial charge in [0.2, 0.25) is 0 Å². The van der Waals surface area contributed by atoms with Crippen LogP contribution in [0.25, 0.3) is 53.2 Å². The molecule has 0 spiro atoms. The normalized spacial score (nSPS) is 13.3. The average Bonchev–Trinajstić information content (AvgIpc) is 3.57. The van der Waals surface area contributed by atoms with Crippen molar-refractivity contribution in [1.82, 2.24) is 0 Å². The molecule has 1 aromatic heterocycles. The Morgan fingerprint density at radius 2 is 1.22 bits per heavy atom. The molecule has 1 heterocycles. The Balaban J connectivity index is 1.35. The molecule has 2 heteroatoms. The molecule has 0 saturated heterocycles. The summed E-state index contributed by atoms with van der Waals surface area (Å²) in [7, 11) is 0. The Hall–Kier alpha value is -5.18. The largest absolute Gasteiger partial charge is 0.310 e. The molecule has 0 N–H and O–H groups in total. The highest BCUT2D eigenvalue weighted by atomic mass is 32.1. The fourth-order valence-electron chi connectivity index (χ4n) is 7.64. The van der Waals surface area contributed by atoms with Crippen LogP contribution in [0.15, 0.2) is 146 Å². The van der Waals surface area contributed by atoms with Gasteiger partial charge < -0.3 is 4.90 Å². The van der Waals surface area contributed by atoms with Crippen LogP contribution >= 0.6 is 11.3 Å². The summed E-state index contributed by atoms with van der Waals surface area (Å²) in [6.07, 6.45) is 0. The number of anilines is 3. The highest BCUT2D eigenvalue weighted by Crippen LogP contribution is 2.52. The third kappa shape index (κ3) is 4.07. The van der Waals surface area contributed by atoms with Gasteiger partial charge >= 0.3 is 0 Å². The third-order valence-electron chi connectivity index (χ3n) is 9.96. The maximum atomic E-state index is 2.49. The first-order valence-electron chi connectivity index (χ1n) is 16.0. The summed E-state index contributed by atoms with van der Waals surface area (Å²) < 4.78 is 2.64. The van der Waals surface area contributed by atoms with Gasteiger partial charge in [0.1, 0.15) is 0 Å². The Morgan fingerprint density at radius 1 is 0.522 bits per heavy atom. The smallest absolute Gasteiger partial charge is 0.0546 e. The lowest BCUT2D eigenvalue weighted by Crippen LogP contribution is -2.17. The minimum Gasteiger partial charge on any atom is -0.310 e. The monoisotopic (exact) mass is 607 g/mol. The fraction of sp³-hybridized carbons (Fsp3) is 0.0909. The number of fused-ring (bicyclic) bond motifs is 7.